The van der Waals surface area contributed by atoms with Crippen LogP contribution in [0.4, 0.5) is 0 Å². The van der Waals surface area contributed by atoms with Gasteiger partial charge >= 0.3 is 0 Å². The maximum Gasteiger partial charge on any atom is 0.159 e. The summed E-state index contributed by atoms with van der Waals surface area (Å²) in [6, 6.07) is 11.1. The van der Waals surface area contributed by atoms with E-state index in [4.69, 9.17) is 9.15 Å². The molecule has 140 valence electrons. The highest BCUT2D eigenvalue weighted by Crippen LogP contribution is 2.47. The van der Waals surface area contributed by atoms with Crippen molar-refractivity contribution in [1.82, 2.24) is 4.90 Å². The zero-order valence-electron chi connectivity index (χ0n) is 15.6. The summed E-state index contributed by atoms with van der Waals surface area (Å²) >= 11 is 0. The number of benzene rings is 1. The third-order valence-corrected chi connectivity index (χ3v) is 4.79. The number of aliphatic hydroxyl groups excluding tert-OH is 1. The van der Waals surface area contributed by atoms with Crippen LogP contribution < -0.4 is 4.74 Å². The first kappa shape index (κ1) is 18.7. The van der Waals surface area contributed by atoms with Crippen LogP contribution in [0.25, 0.3) is 0 Å². The molecule has 1 aromatic carbocycles. The number of rotatable bonds is 9. The first-order chi connectivity index (χ1) is 12.4. The van der Waals surface area contributed by atoms with Crippen LogP contribution in [0.15, 0.2) is 40.8 Å². The van der Waals surface area contributed by atoms with Gasteiger partial charge in [-0.05, 0) is 50.6 Å². The molecule has 3 atom stereocenters. The fourth-order valence-electron chi connectivity index (χ4n) is 3.14. The van der Waals surface area contributed by atoms with Crippen molar-refractivity contribution in [3.8, 4) is 5.75 Å². The number of ketones is 1. The van der Waals surface area contributed by atoms with Crippen molar-refractivity contribution in [1.29, 1.82) is 0 Å². The zero-order valence-corrected chi connectivity index (χ0v) is 15.6. The Bertz CT molecular complexity index is 754. The highest BCUT2D eigenvalue weighted by molar-refractivity contribution is 5.94. The molecule has 0 amide bonds. The molecule has 1 N–H and O–H groups in total. The lowest BCUT2D eigenvalue weighted by molar-refractivity contribution is 0.0724. The van der Waals surface area contributed by atoms with E-state index in [1.807, 2.05) is 18.0 Å². The zero-order chi connectivity index (χ0) is 18.7. The van der Waals surface area contributed by atoms with Crippen LogP contribution in [0, 0.1) is 5.92 Å². The van der Waals surface area contributed by atoms with Gasteiger partial charge in [-0.1, -0.05) is 19.1 Å². The standard InChI is InChI=1S/C21H27NO4/c1-14-9-20(14)21-8-7-19(26-21)12-22(3)11-17(24)13-25-18-6-4-5-16(10-18)15(2)23/h4-8,10,14,17,20,24H,9,11-13H2,1-3H3/t14-,17-,20+/m1/s1. The Labute approximate surface area is 154 Å². The molecule has 0 unspecified atom stereocenters. The van der Waals surface area contributed by atoms with Crippen LogP contribution in [-0.4, -0.2) is 42.1 Å². The lowest BCUT2D eigenvalue weighted by Gasteiger charge is -2.20. The van der Waals surface area contributed by atoms with Crippen LogP contribution in [0.2, 0.25) is 0 Å². The Morgan fingerprint density at radius 2 is 2.15 bits per heavy atom. The molecule has 0 radical (unpaired) electrons. The Kier molecular flexibility index (Phi) is 5.79. The second-order valence-electron chi connectivity index (χ2n) is 7.37. The second-order valence-corrected chi connectivity index (χ2v) is 7.37. The summed E-state index contributed by atoms with van der Waals surface area (Å²) in [4.78, 5) is 13.4. The van der Waals surface area contributed by atoms with E-state index in [0.29, 0.717) is 30.3 Å². The monoisotopic (exact) mass is 357 g/mol. The summed E-state index contributed by atoms with van der Waals surface area (Å²) in [6.07, 6.45) is 0.586. The molecule has 1 aliphatic rings. The number of nitrogens with zero attached hydrogens (tertiary/aromatic N) is 1. The number of hydrogen-bond donors (Lipinski definition) is 1. The summed E-state index contributed by atoms with van der Waals surface area (Å²) < 4.78 is 11.5. The maximum absolute atomic E-state index is 11.4. The van der Waals surface area contributed by atoms with Crippen LogP contribution in [-0.2, 0) is 6.54 Å². The van der Waals surface area contributed by atoms with Crippen molar-refractivity contribution < 1.29 is 19.1 Å². The minimum absolute atomic E-state index is 0.00543. The number of Topliss-reactive ketones (excluding diaryl/α,β-unsaturated/α-hetero) is 1. The molecule has 26 heavy (non-hydrogen) atoms. The SMILES string of the molecule is CC(=O)c1cccc(OC[C@H](O)CN(C)Cc2ccc([C@H]3C[C@H]3C)o2)c1. The van der Waals surface area contributed by atoms with Crippen LogP contribution in [0.1, 0.15) is 48.1 Å². The molecular weight excluding hydrogens is 330 g/mol. The van der Waals surface area contributed by atoms with Crippen molar-refractivity contribution >= 4 is 5.78 Å². The van der Waals surface area contributed by atoms with Crippen LogP contribution >= 0.6 is 0 Å². The van der Waals surface area contributed by atoms with Crippen molar-refractivity contribution in [3.63, 3.8) is 0 Å². The van der Waals surface area contributed by atoms with Gasteiger partial charge in [-0.15, -0.1) is 0 Å². The average Bonchev–Trinajstić information content (AvgIpc) is 3.15. The van der Waals surface area contributed by atoms with Crippen molar-refractivity contribution in [2.45, 2.75) is 38.8 Å². The first-order valence-electron chi connectivity index (χ1n) is 9.11. The van der Waals surface area contributed by atoms with E-state index in [2.05, 4.69) is 13.0 Å². The molecule has 1 heterocycles. The predicted molar refractivity (Wildman–Crippen MR) is 99.5 cm³/mol. The predicted octanol–water partition coefficient (Wildman–Crippen LogP) is 3.48. The van der Waals surface area contributed by atoms with Gasteiger partial charge in [-0.25, -0.2) is 0 Å². The highest BCUT2D eigenvalue weighted by Gasteiger charge is 2.36. The van der Waals surface area contributed by atoms with Crippen LogP contribution in [0.3, 0.4) is 0 Å². The highest BCUT2D eigenvalue weighted by atomic mass is 16.5. The topological polar surface area (TPSA) is 62.9 Å². The molecule has 1 fully saturated rings. The van der Waals surface area contributed by atoms with E-state index >= 15 is 0 Å². The minimum Gasteiger partial charge on any atom is -0.491 e. The Balaban J connectivity index is 1.44. The van der Waals surface area contributed by atoms with E-state index in [9.17, 15) is 9.90 Å². The van der Waals surface area contributed by atoms with Crippen molar-refractivity contribution in [2.24, 2.45) is 5.92 Å². The van der Waals surface area contributed by atoms with E-state index in [-0.39, 0.29) is 12.4 Å². The molecule has 5 heteroatoms. The van der Waals surface area contributed by atoms with E-state index < -0.39 is 6.10 Å². The third kappa shape index (κ3) is 4.96. The molecule has 0 saturated heterocycles. The summed E-state index contributed by atoms with van der Waals surface area (Å²) in [7, 11) is 1.95. The fraction of sp³-hybridized carbons (Fsp3) is 0.476. The maximum atomic E-state index is 11.4. The molecule has 0 spiro atoms. The van der Waals surface area contributed by atoms with Crippen molar-refractivity contribution in [2.75, 3.05) is 20.2 Å². The van der Waals surface area contributed by atoms with Crippen molar-refractivity contribution in [3.05, 3.63) is 53.5 Å². The molecule has 0 bridgehead atoms. The summed E-state index contributed by atoms with van der Waals surface area (Å²) in [5, 5.41) is 10.2. The van der Waals surface area contributed by atoms with E-state index in [1.165, 1.54) is 13.3 Å². The van der Waals surface area contributed by atoms with Crippen LogP contribution in [0.5, 0.6) is 5.75 Å². The van der Waals surface area contributed by atoms with Gasteiger partial charge in [0.05, 0.1) is 6.54 Å². The summed E-state index contributed by atoms with van der Waals surface area (Å²) in [5.74, 6) is 3.90. The first-order valence-corrected chi connectivity index (χ1v) is 9.11. The van der Waals surface area contributed by atoms with E-state index in [0.717, 1.165) is 17.4 Å². The molecule has 1 saturated carbocycles. The Morgan fingerprint density at radius 1 is 1.38 bits per heavy atom. The molecule has 0 aliphatic heterocycles. The third-order valence-electron chi connectivity index (χ3n) is 4.79. The molecular formula is C21H27NO4. The molecule has 1 aliphatic carbocycles. The minimum atomic E-state index is -0.626. The summed E-state index contributed by atoms with van der Waals surface area (Å²) in [6.45, 7) is 5.06. The average molecular weight is 357 g/mol. The number of carbonyl (C=O) groups excluding carboxylic acids is 1. The van der Waals surface area contributed by atoms with Gasteiger partial charge in [0, 0.05) is 18.0 Å². The number of ether oxygens (including phenoxy) is 1. The van der Waals surface area contributed by atoms with Gasteiger partial charge in [-0.3, -0.25) is 9.69 Å². The normalized spacial score (nSPS) is 20.2. The number of aliphatic hydroxyl groups is 1. The fourth-order valence-corrected chi connectivity index (χ4v) is 3.14. The lowest BCUT2D eigenvalue weighted by Crippen LogP contribution is -2.32. The molecule has 3 rings (SSSR count). The molecule has 5 nitrogen and oxygen atoms in total. The second kappa shape index (κ2) is 8.06. The van der Waals surface area contributed by atoms with Gasteiger partial charge in [0.25, 0.3) is 0 Å². The Morgan fingerprint density at radius 3 is 2.85 bits per heavy atom. The smallest absolute Gasteiger partial charge is 0.159 e. The number of likely N-dealkylation sites (N-methyl/N-ethyl adjacent to an activating group) is 1. The largest absolute Gasteiger partial charge is 0.491 e. The number of furan rings is 1. The lowest BCUT2D eigenvalue weighted by atomic mass is 10.1. The van der Waals surface area contributed by atoms with Gasteiger partial charge < -0.3 is 14.3 Å². The quantitative estimate of drug-likeness (QED) is 0.696. The van der Waals surface area contributed by atoms with Gasteiger partial charge in [0.2, 0.25) is 0 Å². The van der Waals surface area contributed by atoms with E-state index in [1.54, 1.807) is 24.3 Å². The number of carbonyl (C=O) groups is 1. The Hall–Kier alpha value is -2.11. The molecule has 2 aromatic rings. The molecule has 1 aromatic heterocycles. The van der Waals surface area contributed by atoms with Gasteiger partial charge in [-0.2, -0.15) is 0 Å². The summed E-state index contributed by atoms with van der Waals surface area (Å²) in [5.41, 5.74) is 0.604. The van der Waals surface area contributed by atoms with Gasteiger partial charge in [0.15, 0.2) is 5.78 Å². The number of hydrogen-bond acceptors (Lipinski definition) is 5. The van der Waals surface area contributed by atoms with Gasteiger partial charge in [0.1, 0.15) is 30.0 Å².